The lowest BCUT2D eigenvalue weighted by Crippen LogP contribution is -2.48. The second kappa shape index (κ2) is 10.8. The zero-order valence-corrected chi connectivity index (χ0v) is 20.2. The van der Waals surface area contributed by atoms with Gasteiger partial charge in [0.15, 0.2) is 0 Å². The monoisotopic (exact) mass is 456 g/mol. The summed E-state index contributed by atoms with van der Waals surface area (Å²) >= 11 is 1.77. The van der Waals surface area contributed by atoms with Gasteiger partial charge in [0.2, 0.25) is 5.91 Å². The minimum atomic E-state index is -0.364. The number of thiophene rings is 1. The van der Waals surface area contributed by atoms with Crippen LogP contribution in [-0.2, 0) is 11.2 Å². The summed E-state index contributed by atoms with van der Waals surface area (Å²) in [5, 5.41) is 12.5. The van der Waals surface area contributed by atoms with E-state index in [1.165, 1.54) is 28.8 Å². The van der Waals surface area contributed by atoms with Gasteiger partial charge in [-0.15, -0.1) is 11.3 Å². The fourth-order valence-corrected chi connectivity index (χ4v) is 5.49. The Balaban J connectivity index is 1.44. The van der Waals surface area contributed by atoms with Crippen molar-refractivity contribution in [3.8, 4) is 5.75 Å². The Morgan fingerprint density at radius 1 is 1.28 bits per heavy atom. The lowest BCUT2D eigenvalue weighted by Gasteiger charge is -2.37. The standard InChI is InChI=1S/C26H36N2O3S/c1-3-4-21(29)16-27(15-20-7-8-20)17-26(30)28-13-11-25-23(12-14-32-25)24(28)18-31-22-9-5-19(2)6-10-22/h5-6,9-10,12,14,20-21,24,29H,3-4,7-8,11,13,15-18H2,1-2H3/t21-,24+/m1/s1. The number of aliphatic hydroxyl groups is 1. The molecule has 1 aromatic heterocycles. The van der Waals surface area contributed by atoms with Gasteiger partial charge in [-0.25, -0.2) is 0 Å². The maximum Gasteiger partial charge on any atom is 0.237 e. The molecule has 0 radical (unpaired) electrons. The average molecular weight is 457 g/mol. The number of benzene rings is 1. The van der Waals surface area contributed by atoms with E-state index in [0.29, 0.717) is 25.6 Å². The number of carbonyl (C=O) groups excluding carboxylic acids is 1. The minimum absolute atomic E-state index is 0.0675. The fourth-order valence-electron chi connectivity index (χ4n) is 4.56. The summed E-state index contributed by atoms with van der Waals surface area (Å²) in [7, 11) is 0. The highest BCUT2D eigenvalue weighted by Crippen LogP contribution is 2.34. The van der Waals surface area contributed by atoms with Crippen LogP contribution < -0.4 is 4.74 Å². The van der Waals surface area contributed by atoms with Gasteiger partial charge in [0.05, 0.1) is 18.7 Å². The van der Waals surface area contributed by atoms with Crippen molar-refractivity contribution in [1.29, 1.82) is 0 Å². The molecule has 0 spiro atoms. The summed E-state index contributed by atoms with van der Waals surface area (Å²) in [5.74, 6) is 1.66. The van der Waals surface area contributed by atoms with Gasteiger partial charge in [0.25, 0.3) is 0 Å². The van der Waals surface area contributed by atoms with Crippen LogP contribution in [0.5, 0.6) is 5.75 Å². The van der Waals surface area contributed by atoms with Crippen molar-refractivity contribution in [3.05, 3.63) is 51.7 Å². The van der Waals surface area contributed by atoms with Crippen LogP contribution in [0.15, 0.2) is 35.7 Å². The predicted molar refractivity (Wildman–Crippen MR) is 129 cm³/mol. The Labute approximate surface area is 196 Å². The number of hydrogen-bond acceptors (Lipinski definition) is 5. The smallest absolute Gasteiger partial charge is 0.237 e. The SMILES string of the molecule is CCC[C@@H](O)CN(CC(=O)N1CCc2sccc2[C@@H]1COc1ccc(C)cc1)CC1CC1. The molecule has 1 N–H and O–H groups in total. The summed E-state index contributed by atoms with van der Waals surface area (Å²) in [5.41, 5.74) is 2.43. The normalized spacial score (nSPS) is 19.1. The molecule has 0 bridgehead atoms. The van der Waals surface area contributed by atoms with E-state index in [0.717, 1.165) is 38.1 Å². The van der Waals surface area contributed by atoms with E-state index in [-0.39, 0.29) is 18.1 Å². The first-order chi connectivity index (χ1) is 15.5. The quantitative estimate of drug-likeness (QED) is 0.543. The van der Waals surface area contributed by atoms with Crippen molar-refractivity contribution in [2.45, 2.75) is 58.1 Å². The number of aliphatic hydroxyl groups excluding tert-OH is 1. The van der Waals surface area contributed by atoms with Crippen molar-refractivity contribution in [2.75, 3.05) is 32.8 Å². The molecule has 1 aliphatic carbocycles. The van der Waals surface area contributed by atoms with E-state index in [9.17, 15) is 9.90 Å². The lowest BCUT2D eigenvalue weighted by atomic mass is 10.0. The number of fused-ring (bicyclic) bond motifs is 1. The molecule has 2 aromatic rings. The average Bonchev–Trinajstić information content (AvgIpc) is 3.45. The molecule has 2 atom stereocenters. The van der Waals surface area contributed by atoms with E-state index in [1.807, 2.05) is 29.2 Å². The third-order valence-corrected chi connectivity index (χ3v) is 7.50. The molecule has 32 heavy (non-hydrogen) atoms. The van der Waals surface area contributed by atoms with Crippen LogP contribution in [0.2, 0.25) is 0 Å². The molecule has 6 heteroatoms. The number of rotatable bonds is 11. The van der Waals surface area contributed by atoms with Crippen molar-refractivity contribution < 1.29 is 14.6 Å². The third kappa shape index (κ3) is 6.12. The number of nitrogens with zero attached hydrogens (tertiary/aromatic N) is 2. The highest BCUT2D eigenvalue weighted by atomic mass is 32.1. The van der Waals surface area contributed by atoms with E-state index >= 15 is 0 Å². The Bertz CT molecular complexity index is 877. The zero-order chi connectivity index (χ0) is 22.5. The lowest BCUT2D eigenvalue weighted by molar-refractivity contribution is -0.136. The van der Waals surface area contributed by atoms with Crippen LogP contribution in [0.3, 0.4) is 0 Å². The zero-order valence-electron chi connectivity index (χ0n) is 19.3. The topological polar surface area (TPSA) is 53.0 Å². The van der Waals surface area contributed by atoms with Gasteiger partial charge in [-0.05, 0) is 67.7 Å². The molecule has 1 aliphatic heterocycles. The second-order valence-electron chi connectivity index (χ2n) is 9.36. The first-order valence-electron chi connectivity index (χ1n) is 12.0. The molecule has 4 rings (SSSR count). The van der Waals surface area contributed by atoms with Gasteiger partial charge in [-0.2, -0.15) is 0 Å². The summed E-state index contributed by atoms with van der Waals surface area (Å²) in [6.45, 7) is 7.20. The molecule has 5 nitrogen and oxygen atoms in total. The summed E-state index contributed by atoms with van der Waals surface area (Å²) < 4.78 is 6.14. The first-order valence-corrected chi connectivity index (χ1v) is 12.9. The third-order valence-electron chi connectivity index (χ3n) is 6.51. The van der Waals surface area contributed by atoms with Crippen LogP contribution >= 0.6 is 11.3 Å². The molecule has 1 aromatic carbocycles. The number of amides is 1. The van der Waals surface area contributed by atoms with Gasteiger partial charge in [0, 0.05) is 24.5 Å². The summed E-state index contributed by atoms with van der Waals surface area (Å²) in [6.07, 6.45) is 4.76. The van der Waals surface area contributed by atoms with Crippen LogP contribution in [0.4, 0.5) is 0 Å². The number of ether oxygens (including phenoxy) is 1. The first kappa shape index (κ1) is 23.3. The molecule has 174 valence electrons. The molecule has 0 unspecified atom stereocenters. The maximum atomic E-state index is 13.5. The number of hydrogen-bond donors (Lipinski definition) is 1. The van der Waals surface area contributed by atoms with E-state index in [2.05, 4.69) is 30.2 Å². The Hall–Kier alpha value is -1.89. The summed E-state index contributed by atoms with van der Waals surface area (Å²) in [4.78, 5) is 19.1. The molecule has 1 fully saturated rings. The minimum Gasteiger partial charge on any atom is -0.491 e. The largest absolute Gasteiger partial charge is 0.491 e. The van der Waals surface area contributed by atoms with E-state index in [1.54, 1.807) is 11.3 Å². The summed E-state index contributed by atoms with van der Waals surface area (Å²) in [6, 6.07) is 10.2. The van der Waals surface area contributed by atoms with Gasteiger partial charge in [-0.1, -0.05) is 31.0 Å². The van der Waals surface area contributed by atoms with Gasteiger partial charge in [0.1, 0.15) is 12.4 Å². The predicted octanol–water partition coefficient (Wildman–Crippen LogP) is 4.43. The van der Waals surface area contributed by atoms with Gasteiger partial charge >= 0.3 is 0 Å². The van der Waals surface area contributed by atoms with E-state index in [4.69, 9.17) is 4.74 Å². The number of aryl methyl sites for hydroxylation is 1. The van der Waals surface area contributed by atoms with Gasteiger partial charge in [-0.3, -0.25) is 9.69 Å². The Morgan fingerprint density at radius 2 is 2.06 bits per heavy atom. The molecule has 1 saturated carbocycles. The molecule has 0 saturated heterocycles. The highest BCUT2D eigenvalue weighted by molar-refractivity contribution is 7.10. The maximum absolute atomic E-state index is 13.5. The van der Waals surface area contributed by atoms with Crippen LogP contribution in [0, 0.1) is 12.8 Å². The van der Waals surface area contributed by atoms with Crippen molar-refractivity contribution in [1.82, 2.24) is 9.80 Å². The Kier molecular flexibility index (Phi) is 7.87. The molecular weight excluding hydrogens is 420 g/mol. The molecule has 2 aliphatic rings. The van der Waals surface area contributed by atoms with Crippen molar-refractivity contribution in [2.24, 2.45) is 5.92 Å². The van der Waals surface area contributed by atoms with Crippen molar-refractivity contribution in [3.63, 3.8) is 0 Å². The number of carbonyl (C=O) groups is 1. The van der Waals surface area contributed by atoms with Crippen LogP contribution in [0.1, 0.15) is 54.7 Å². The molecule has 2 heterocycles. The van der Waals surface area contributed by atoms with Crippen molar-refractivity contribution >= 4 is 17.2 Å². The Morgan fingerprint density at radius 3 is 2.78 bits per heavy atom. The second-order valence-corrected chi connectivity index (χ2v) is 10.4. The molecule has 1 amide bonds. The highest BCUT2D eigenvalue weighted by Gasteiger charge is 2.34. The fraction of sp³-hybridized carbons (Fsp3) is 0.577. The van der Waals surface area contributed by atoms with E-state index < -0.39 is 0 Å². The molecular formula is C26H36N2O3S. The van der Waals surface area contributed by atoms with Gasteiger partial charge < -0.3 is 14.7 Å². The van der Waals surface area contributed by atoms with Crippen LogP contribution in [0.25, 0.3) is 0 Å². The van der Waals surface area contributed by atoms with Crippen LogP contribution in [-0.4, -0.2) is 59.7 Å².